The fourth-order valence-corrected chi connectivity index (χ4v) is 3.21. The first-order chi connectivity index (χ1) is 7.19. The maximum Gasteiger partial charge on any atom is 0.222 e. The normalized spacial score (nSPS) is 32.1. The topological polar surface area (TPSA) is 33.6 Å². The molecule has 0 unspecified atom stereocenters. The van der Waals surface area contributed by atoms with Crippen LogP contribution in [0.2, 0.25) is 0 Å². The first kappa shape index (κ1) is 9.09. The first-order valence-corrected chi connectivity index (χ1v) is 5.83. The fourth-order valence-electron chi connectivity index (χ4n) is 2.01. The van der Waals surface area contributed by atoms with E-state index in [-0.39, 0.29) is 11.0 Å². The lowest BCUT2D eigenvalue weighted by Crippen LogP contribution is -2.47. The number of benzene rings is 1. The largest absolute Gasteiger partial charge is 0.366 e. The van der Waals surface area contributed by atoms with Crippen LogP contribution in [0.5, 0.6) is 0 Å². The summed E-state index contributed by atoms with van der Waals surface area (Å²) in [6.07, 6.45) is 0. The van der Waals surface area contributed by atoms with E-state index in [1.54, 1.807) is 0 Å². The Bertz CT molecular complexity index is 446. The molecule has 0 saturated carbocycles. The van der Waals surface area contributed by atoms with Gasteiger partial charge in [0.05, 0.1) is 11.4 Å². The summed E-state index contributed by atoms with van der Waals surface area (Å²) in [5, 5.41) is 7.75. The predicted molar refractivity (Wildman–Crippen MR) is 62.3 cm³/mol. The van der Waals surface area contributed by atoms with E-state index in [1.165, 1.54) is 4.90 Å². The molecule has 1 N–H and O–H groups in total. The van der Waals surface area contributed by atoms with Gasteiger partial charge >= 0.3 is 0 Å². The molecule has 3 nitrogen and oxygen atoms in total. The number of fused-ring (bicyclic) bond motifs is 2. The number of para-hydroxylation sites is 1. The third-order valence-electron chi connectivity index (χ3n) is 2.77. The van der Waals surface area contributed by atoms with Crippen molar-refractivity contribution in [1.29, 1.82) is 0 Å². The zero-order chi connectivity index (χ0) is 10.5. The Morgan fingerprint density at radius 3 is 3.13 bits per heavy atom. The number of oxime groups is 1. The van der Waals surface area contributed by atoms with Crippen LogP contribution in [-0.4, -0.2) is 16.7 Å². The van der Waals surface area contributed by atoms with Gasteiger partial charge in [0.2, 0.25) is 5.72 Å². The maximum absolute atomic E-state index is 5.47. The minimum absolute atomic E-state index is 0.271. The summed E-state index contributed by atoms with van der Waals surface area (Å²) in [6.45, 7) is 4.05. The van der Waals surface area contributed by atoms with Crippen LogP contribution in [0.15, 0.2) is 34.3 Å². The minimum Gasteiger partial charge on any atom is -0.366 e. The average molecular weight is 220 g/mol. The molecule has 0 radical (unpaired) electrons. The predicted octanol–water partition coefficient (Wildman–Crippen LogP) is 2.70. The van der Waals surface area contributed by atoms with Crippen molar-refractivity contribution in [3.05, 3.63) is 24.3 Å². The molecular formula is C11H12N2OS. The molecule has 0 aliphatic carbocycles. The summed E-state index contributed by atoms with van der Waals surface area (Å²) in [5.74, 6) is 0. The lowest BCUT2D eigenvalue weighted by molar-refractivity contribution is 0.0221. The number of thioether (sulfide) groups is 1. The van der Waals surface area contributed by atoms with Gasteiger partial charge in [0.25, 0.3) is 0 Å². The Kier molecular flexibility index (Phi) is 1.77. The van der Waals surface area contributed by atoms with Crippen LogP contribution in [0.25, 0.3) is 0 Å². The quantitative estimate of drug-likeness (QED) is 0.730. The van der Waals surface area contributed by atoms with Crippen molar-refractivity contribution in [2.75, 3.05) is 5.32 Å². The van der Waals surface area contributed by atoms with Gasteiger partial charge < -0.3 is 10.2 Å². The second-order valence-corrected chi connectivity index (χ2v) is 5.20. The van der Waals surface area contributed by atoms with Crippen LogP contribution in [0.1, 0.15) is 13.8 Å². The number of nitrogens with one attached hydrogen (secondary N) is 1. The molecule has 2 aliphatic rings. The highest BCUT2D eigenvalue weighted by atomic mass is 32.2. The lowest BCUT2D eigenvalue weighted by Gasteiger charge is -2.35. The summed E-state index contributed by atoms with van der Waals surface area (Å²) >= 11 is 1.82. The summed E-state index contributed by atoms with van der Waals surface area (Å²) in [6, 6.07) is 8.27. The number of anilines is 1. The summed E-state index contributed by atoms with van der Waals surface area (Å²) in [4.78, 5) is 6.73. The van der Waals surface area contributed by atoms with Crippen LogP contribution >= 0.6 is 11.8 Å². The van der Waals surface area contributed by atoms with E-state index in [4.69, 9.17) is 4.84 Å². The van der Waals surface area contributed by atoms with E-state index in [1.807, 2.05) is 31.7 Å². The molecular weight excluding hydrogens is 208 g/mol. The second kappa shape index (κ2) is 2.92. The molecule has 2 heterocycles. The van der Waals surface area contributed by atoms with Crippen molar-refractivity contribution in [2.24, 2.45) is 5.16 Å². The Morgan fingerprint density at radius 1 is 1.47 bits per heavy atom. The van der Waals surface area contributed by atoms with Gasteiger partial charge in [-0.1, -0.05) is 17.3 Å². The number of rotatable bonds is 0. The van der Waals surface area contributed by atoms with Crippen molar-refractivity contribution in [3.8, 4) is 0 Å². The molecule has 2 aliphatic heterocycles. The Balaban J connectivity index is 2.05. The van der Waals surface area contributed by atoms with Crippen molar-refractivity contribution < 1.29 is 4.84 Å². The van der Waals surface area contributed by atoms with E-state index < -0.39 is 0 Å². The molecule has 0 fully saturated rings. The van der Waals surface area contributed by atoms with E-state index in [2.05, 4.69) is 28.7 Å². The van der Waals surface area contributed by atoms with Crippen LogP contribution < -0.4 is 5.32 Å². The lowest BCUT2D eigenvalue weighted by atomic mass is 10.1. The van der Waals surface area contributed by atoms with Crippen LogP contribution in [-0.2, 0) is 4.84 Å². The highest BCUT2D eigenvalue weighted by Crippen LogP contribution is 2.45. The van der Waals surface area contributed by atoms with Gasteiger partial charge in [0.1, 0.15) is 5.25 Å². The molecule has 0 bridgehead atoms. The summed E-state index contributed by atoms with van der Waals surface area (Å²) in [7, 11) is 0. The second-order valence-electron chi connectivity index (χ2n) is 4.05. The van der Waals surface area contributed by atoms with Crippen molar-refractivity contribution in [3.63, 3.8) is 0 Å². The van der Waals surface area contributed by atoms with E-state index in [0.717, 1.165) is 11.4 Å². The Morgan fingerprint density at radius 2 is 2.27 bits per heavy atom. The molecule has 4 heteroatoms. The average Bonchev–Trinajstić information content (AvgIpc) is 2.52. The number of hydrogen-bond donors (Lipinski definition) is 1. The van der Waals surface area contributed by atoms with Crippen molar-refractivity contribution in [2.45, 2.75) is 29.7 Å². The molecule has 15 heavy (non-hydrogen) atoms. The Hall–Kier alpha value is -1.16. The van der Waals surface area contributed by atoms with Crippen molar-refractivity contribution in [1.82, 2.24) is 0 Å². The SMILES string of the molecule is CC1=NO[C@@]2(C)Nc3ccccc3S[C@H]12. The summed E-state index contributed by atoms with van der Waals surface area (Å²) in [5.41, 5.74) is 1.79. The molecule has 78 valence electrons. The number of hydrogen-bond acceptors (Lipinski definition) is 4. The van der Waals surface area contributed by atoms with Gasteiger partial charge in [-0.2, -0.15) is 0 Å². The van der Waals surface area contributed by atoms with Gasteiger partial charge in [-0.25, -0.2) is 0 Å². The molecule has 1 aromatic carbocycles. The number of nitrogens with zero attached hydrogens (tertiary/aromatic N) is 1. The van der Waals surface area contributed by atoms with Crippen LogP contribution in [0, 0.1) is 0 Å². The Labute approximate surface area is 92.9 Å². The van der Waals surface area contributed by atoms with E-state index in [0.29, 0.717) is 0 Å². The molecule has 1 aromatic rings. The molecule has 0 amide bonds. The molecule has 0 spiro atoms. The molecule has 3 rings (SSSR count). The van der Waals surface area contributed by atoms with Gasteiger partial charge in [-0.05, 0) is 26.0 Å². The van der Waals surface area contributed by atoms with Crippen LogP contribution in [0.3, 0.4) is 0 Å². The zero-order valence-corrected chi connectivity index (χ0v) is 9.47. The minimum atomic E-state index is -0.386. The zero-order valence-electron chi connectivity index (χ0n) is 8.65. The van der Waals surface area contributed by atoms with Gasteiger partial charge in [-0.15, -0.1) is 11.8 Å². The third-order valence-corrected chi connectivity index (χ3v) is 4.41. The first-order valence-electron chi connectivity index (χ1n) is 4.95. The summed E-state index contributed by atoms with van der Waals surface area (Å²) < 4.78 is 0. The standard InChI is InChI=1S/C11H12N2OS/c1-7-10-11(2,14-13-7)12-8-5-3-4-6-9(8)15-10/h3-6,10,12H,1-2H3/t10-,11-/m1/s1. The van der Waals surface area contributed by atoms with E-state index in [9.17, 15) is 0 Å². The molecule has 0 aromatic heterocycles. The monoisotopic (exact) mass is 220 g/mol. The van der Waals surface area contributed by atoms with Gasteiger partial charge in [-0.3, -0.25) is 0 Å². The third kappa shape index (κ3) is 1.24. The highest BCUT2D eigenvalue weighted by Gasteiger charge is 2.47. The van der Waals surface area contributed by atoms with Crippen LogP contribution in [0.4, 0.5) is 5.69 Å². The highest BCUT2D eigenvalue weighted by molar-refractivity contribution is 8.01. The van der Waals surface area contributed by atoms with E-state index >= 15 is 0 Å². The van der Waals surface area contributed by atoms with Gasteiger partial charge in [0, 0.05) is 4.90 Å². The maximum atomic E-state index is 5.47. The van der Waals surface area contributed by atoms with Crippen molar-refractivity contribution >= 4 is 23.2 Å². The fraction of sp³-hybridized carbons (Fsp3) is 0.364. The van der Waals surface area contributed by atoms with Gasteiger partial charge in [0.15, 0.2) is 0 Å². The molecule has 2 atom stereocenters. The molecule has 0 saturated heterocycles. The smallest absolute Gasteiger partial charge is 0.222 e.